The van der Waals surface area contributed by atoms with E-state index in [-0.39, 0.29) is 5.41 Å². The van der Waals surface area contributed by atoms with E-state index in [1.807, 2.05) is 6.07 Å². The summed E-state index contributed by atoms with van der Waals surface area (Å²) in [6.07, 6.45) is 3.65. The summed E-state index contributed by atoms with van der Waals surface area (Å²) in [6, 6.07) is 4.16. The summed E-state index contributed by atoms with van der Waals surface area (Å²) in [7, 11) is 0. The van der Waals surface area contributed by atoms with Gasteiger partial charge >= 0.3 is 0 Å². The SMILES string of the molecule is Cc1cc(C(C)(C)C)c(O)cc1CC1CCCNC1. The molecule has 1 aromatic rings. The van der Waals surface area contributed by atoms with Crippen LogP contribution in [0.1, 0.15) is 50.3 Å². The van der Waals surface area contributed by atoms with Gasteiger partial charge in [-0.15, -0.1) is 0 Å². The zero-order valence-electron chi connectivity index (χ0n) is 12.7. The molecular formula is C17H27NO. The summed E-state index contributed by atoms with van der Waals surface area (Å²) in [4.78, 5) is 0. The normalized spacial score (nSPS) is 20.5. The van der Waals surface area contributed by atoms with Crippen LogP contribution in [0.3, 0.4) is 0 Å². The maximum absolute atomic E-state index is 10.3. The fourth-order valence-corrected chi connectivity index (χ4v) is 2.97. The van der Waals surface area contributed by atoms with Gasteiger partial charge < -0.3 is 10.4 Å². The molecule has 2 nitrogen and oxygen atoms in total. The van der Waals surface area contributed by atoms with Crippen molar-refractivity contribution in [2.24, 2.45) is 5.92 Å². The van der Waals surface area contributed by atoms with E-state index in [0.717, 1.165) is 25.1 Å². The fraction of sp³-hybridized carbons (Fsp3) is 0.647. The smallest absolute Gasteiger partial charge is 0.119 e. The molecule has 1 aromatic carbocycles. The van der Waals surface area contributed by atoms with Crippen molar-refractivity contribution < 1.29 is 5.11 Å². The minimum Gasteiger partial charge on any atom is -0.508 e. The second-order valence-corrected chi connectivity index (χ2v) is 6.96. The number of rotatable bonds is 2. The lowest BCUT2D eigenvalue weighted by Gasteiger charge is -2.25. The highest BCUT2D eigenvalue weighted by Gasteiger charge is 2.21. The lowest BCUT2D eigenvalue weighted by atomic mass is 9.83. The van der Waals surface area contributed by atoms with Crippen molar-refractivity contribution in [2.45, 2.75) is 52.4 Å². The molecule has 1 saturated heterocycles. The molecule has 2 N–H and O–H groups in total. The standard InChI is InChI=1S/C17H27NO/c1-12-8-15(17(2,3)4)16(19)10-14(12)9-13-6-5-7-18-11-13/h8,10,13,18-19H,5-7,9,11H2,1-4H3. The van der Waals surface area contributed by atoms with E-state index in [4.69, 9.17) is 0 Å². The van der Waals surface area contributed by atoms with Gasteiger partial charge in [-0.1, -0.05) is 26.8 Å². The van der Waals surface area contributed by atoms with Crippen molar-refractivity contribution in [3.8, 4) is 5.75 Å². The van der Waals surface area contributed by atoms with Crippen LogP contribution in [-0.2, 0) is 11.8 Å². The fourth-order valence-electron chi connectivity index (χ4n) is 2.97. The zero-order chi connectivity index (χ0) is 14.0. The molecule has 2 heteroatoms. The molecule has 0 bridgehead atoms. The van der Waals surface area contributed by atoms with Crippen LogP contribution in [0.4, 0.5) is 0 Å². The first-order valence-electron chi connectivity index (χ1n) is 7.41. The first kappa shape index (κ1) is 14.4. The second-order valence-electron chi connectivity index (χ2n) is 6.96. The van der Waals surface area contributed by atoms with Crippen LogP contribution in [0.25, 0.3) is 0 Å². The van der Waals surface area contributed by atoms with Crippen molar-refractivity contribution in [1.29, 1.82) is 0 Å². The van der Waals surface area contributed by atoms with Gasteiger partial charge in [0.05, 0.1) is 0 Å². The lowest BCUT2D eigenvalue weighted by molar-refractivity contribution is 0.374. The van der Waals surface area contributed by atoms with Crippen molar-refractivity contribution in [3.63, 3.8) is 0 Å². The second kappa shape index (κ2) is 5.54. The van der Waals surface area contributed by atoms with E-state index < -0.39 is 0 Å². The van der Waals surface area contributed by atoms with Gasteiger partial charge in [-0.2, -0.15) is 0 Å². The molecule has 0 aliphatic carbocycles. The largest absolute Gasteiger partial charge is 0.508 e. The first-order chi connectivity index (χ1) is 8.88. The van der Waals surface area contributed by atoms with E-state index in [9.17, 15) is 5.11 Å². The van der Waals surface area contributed by atoms with Crippen LogP contribution < -0.4 is 5.32 Å². The van der Waals surface area contributed by atoms with E-state index >= 15 is 0 Å². The Kier molecular flexibility index (Phi) is 4.19. The number of benzene rings is 1. The van der Waals surface area contributed by atoms with Crippen molar-refractivity contribution in [1.82, 2.24) is 5.32 Å². The van der Waals surface area contributed by atoms with Gasteiger partial charge in [0.25, 0.3) is 0 Å². The molecule has 0 radical (unpaired) electrons. The third-order valence-electron chi connectivity index (χ3n) is 4.17. The summed E-state index contributed by atoms with van der Waals surface area (Å²) in [5.41, 5.74) is 3.67. The first-order valence-corrected chi connectivity index (χ1v) is 7.41. The average Bonchev–Trinajstić information content (AvgIpc) is 2.33. The Bertz CT molecular complexity index is 439. The van der Waals surface area contributed by atoms with Crippen LogP contribution in [0, 0.1) is 12.8 Å². The summed E-state index contributed by atoms with van der Waals surface area (Å²) >= 11 is 0. The Hall–Kier alpha value is -1.02. The monoisotopic (exact) mass is 261 g/mol. The highest BCUT2D eigenvalue weighted by Crippen LogP contribution is 2.33. The summed E-state index contributed by atoms with van der Waals surface area (Å²) in [5, 5.41) is 13.7. The van der Waals surface area contributed by atoms with Crippen molar-refractivity contribution in [2.75, 3.05) is 13.1 Å². The van der Waals surface area contributed by atoms with E-state index in [2.05, 4.69) is 39.1 Å². The Morgan fingerprint density at radius 3 is 2.63 bits per heavy atom. The maximum Gasteiger partial charge on any atom is 0.119 e. The number of aryl methyl sites for hydroxylation is 1. The molecule has 106 valence electrons. The maximum atomic E-state index is 10.3. The Labute approximate surface area is 117 Å². The Morgan fingerprint density at radius 1 is 1.32 bits per heavy atom. The topological polar surface area (TPSA) is 32.3 Å². The highest BCUT2D eigenvalue weighted by atomic mass is 16.3. The number of phenols is 1. The predicted octanol–water partition coefficient (Wildman–Crippen LogP) is 3.54. The minimum absolute atomic E-state index is 0.000231. The van der Waals surface area contributed by atoms with Crippen LogP contribution in [0.15, 0.2) is 12.1 Å². The van der Waals surface area contributed by atoms with Gasteiger partial charge in [0, 0.05) is 0 Å². The molecule has 1 heterocycles. The molecular weight excluding hydrogens is 234 g/mol. The third-order valence-corrected chi connectivity index (χ3v) is 4.17. The van der Waals surface area contributed by atoms with E-state index in [0.29, 0.717) is 11.7 Å². The number of hydrogen-bond acceptors (Lipinski definition) is 2. The molecule has 1 unspecified atom stereocenters. The van der Waals surface area contributed by atoms with Gasteiger partial charge in [-0.3, -0.25) is 0 Å². The van der Waals surface area contributed by atoms with Gasteiger partial charge in [0.1, 0.15) is 5.75 Å². The molecule has 1 aliphatic heterocycles. The highest BCUT2D eigenvalue weighted by molar-refractivity contribution is 5.45. The lowest BCUT2D eigenvalue weighted by Crippen LogP contribution is -2.31. The van der Waals surface area contributed by atoms with Gasteiger partial charge in [-0.25, -0.2) is 0 Å². The number of aromatic hydroxyl groups is 1. The van der Waals surface area contributed by atoms with Crippen molar-refractivity contribution in [3.05, 3.63) is 28.8 Å². The van der Waals surface area contributed by atoms with Crippen LogP contribution in [-0.4, -0.2) is 18.2 Å². The van der Waals surface area contributed by atoms with E-state index in [1.54, 1.807) is 0 Å². The number of piperidine rings is 1. The van der Waals surface area contributed by atoms with Crippen LogP contribution >= 0.6 is 0 Å². The molecule has 1 fully saturated rings. The predicted molar refractivity (Wildman–Crippen MR) is 80.8 cm³/mol. The number of phenolic OH excluding ortho intramolecular Hbond substituents is 1. The molecule has 0 aromatic heterocycles. The summed E-state index contributed by atoms with van der Waals surface area (Å²) in [6.45, 7) is 10.9. The zero-order valence-corrected chi connectivity index (χ0v) is 12.7. The molecule has 1 atom stereocenters. The third kappa shape index (κ3) is 3.50. The molecule has 2 rings (SSSR count). The molecule has 0 saturated carbocycles. The number of nitrogens with one attached hydrogen (secondary N) is 1. The molecule has 0 amide bonds. The molecule has 0 spiro atoms. The van der Waals surface area contributed by atoms with Gasteiger partial charge in [-0.05, 0) is 73.4 Å². The molecule has 19 heavy (non-hydrogen) atoms. The average molecular weight is 261 g/mol. The van der Waals surface area contributed by atoms with Crippen LogP contribution in [0.5, 0.6) is 5.75 Å². The number of hydrogen-bond donors (Lipinski definition) is 2. The minimum atomic E-state index is -0.000231. The van der Waals surface area contributed by atoms with Gasteiger partial charge in [0.2, 0.25) is 0 Å². The van der Waals surface area contributed by atoms with Crippen LogP contribution in [0.2, 0.25) is 0 Å². The molecule has 1 aliphatic rings. The van der Waals surface area contributed by atoms with Gasteiger partial charge in [0.15, 0.2) is 0 Å². The Balaban J connectivity index is 2.20. The van der Waals surface area contributed by atoms with E-state index in [1.165, 1.54) is 24.0 Å². The van der Waals surface area contributed by atoms with Crippen molar-refractivity contribution >= 4 is 0 Å². The quantitative estimate of drug-likeness (QED) is 0.853. The Morgan fingerprint density at radius 2 is 2.05 bits per heavy atom. The summed E-state index contributed by atoms with van der Waals surface area (Å²) in [5.74, 6) is 1.17. The summed E-state index contributed by atoms with van der Waals surface area (Å²) < 4.78 is 0.